The summed E-state index contributed by atoms with van der Waals surface area (Å²) in [5.41, 5.74) is 0. The van der Waals surface area contributed by atoms with E-state index in [1.165, 1.54) is 6.08 Å². The van der Waals surface area contributed by atoms with Crippen LogP contribution in [-0.4, -0.2) is 25.0 Å². The zero-order valence-corrected chi connectivity index (χ0v) is 9.96. The van der Waals surface area contributed by atoms with Gasteiger partial charge in [-0.1, -0.05) is 19.9 Å². The quantitative estimate of drug-likeness (QED) is 0.371. The Morgan fingerprint density at radius 1 is 1.31 bits per heavy atom. The van der Waals surface area contributed by atoms with Crippen molar-refractivity contribution in [1.29, 1.82) is 0 Å². The molecule has 0 atom stereocenters. The number of carbonyl (C=O) groups is 2. The fourth-order valence-corrected chi connectivity index (χ4v) is 1.09. The highest BCUT2D eigenvalue weighted by atomic mass is 16.5. The smallest absolute Gasteiger partial charge is 0.305 e. The van der Waals surface area contributed by atoms with E-state index in [9.17, 15) is 9.59 Å². The summed E-state index contributed by atoms with van der Waals surface area (Å²) in [6.45, 7) is 6.41. The van der Waals surface area contributed by atoms with Crippen molar-refractivity contribution in [2.45, 2.75) is 39.0 Å². The van der Waals surface area contributed by atoms with Crippen molar-refractivity contribution in [3.63, 3.8) is 0 Å². The first-order valence-corrected chi connectivity index (χ1v) is 5.76. The third-order valence-electron chi connectivity index (χ3n) is 2.05. The molecular formula is C12H21NO3. The second kappa shape index (κ2) is 10.2. The van der Waals surface area contributed by atoms with E-state index >= 15 is 0 Å². The van der Waals surface area contributed by atoms with Crippen LogP contribution in [0.25, 0.3) is 0 Å². The van der Waals surface area contributed by atoms with Crippen molar-refractivity contribution in [3.8, 4) is 0 Å². The summed E-state index contributed by atoms with van der Waals surface area (Å²) in [6, 6.07) is 0. The van der Waals surface area contributed by atoms with Gasteiger partial charge in [0.1, 0.15) is 0 Å². The molecule has 4 nitrogen and oxygen atoms in total. The lowest BCUT2D eigenvalue weighted by Crippen LogP contribution is -2.22. The van der Waals surface area contributed by atoms with Gasteiger partial charge in [0.15, 0.2) is 0 Å². The van der Waals surface area contributed by atoms with E-state index in [2.05, 4.69) is 11.9 Å². The second-order valence-corrected chi connectivity index (χ2v) is 3.53. The van der Waals surface area contributed by atoms with Gasteiger partial charge in [-0.3, -0.25) is 9.59 Å². The molecule has 92 valence electrons. The van der Waals surface area contributed by atoms with Crippen LogP contribution >= 0.6 is 0 Å². The third kappa shape index (κ3) is 9.24. The maximum absolute atomic E-state index is 11.1. The van der Waals surface area contributed by atoms with Gasteiger partial charge in [0, 0.05) is 13.0 Å². The summed E-state index contributed by atoms with van der Waals surface area (Å²) < 4.78 is 5.01. The lowest BCUT2D eigenvalue weighted by molar-refractivity contribution is -0.143. The topological polar surface area (TPSA) is 55.4 Å². The number of rotatable bonds is 9. The predicted octanol–water partition coefficient (Wildman–Crippen LogP) is 1.80. The van der Waals surface area contributed by atoms with Crippen LogP contribution in [0.2, 0.25) is 0 Å². The molecule has 0 radical (unpaired) electrons. The average molecular weight is 227 g/mol. The Labute approximate surface area is 97.1 Å². The van der Waals surface area contributed by atoms with Crippen molar-refractivity contribution in [2.75, 3.05) is 13.2 Å². The Kier molecular flexibility index (Phi) is 9.36. The van der Waals surface area contributed by atoms with Gasteiger partial charge < -0.3 is 10.1 Å². The van der Waals surface area contributed by atoms with Gasteiger partial charge in [0.2, 0.25) is 5.91 Å². The lowest BCUT2D eigenvalue weighted by Gasteiger charge is -2.04. The largest absolute Gasteiger partial charge is 0.466 e. The molecule has 0 saturated carbocycles. The number of carbonyl (C=O) groups excluding carboxylic acids is 2. The van der Waals surface area contributed by atoms with Crippen LogP contribution in [0.15, 0.2) is 12.7 Å². The summed E-state index contributed by atoms with van der Waals surface area (Å²) in [6.07, 6.45) is 5.21. The summed E-state index contributed by atoms with van der Waals surface area (Å²) in [5.74, 6) is -0.295. The van der Waals surface area contributed by atoms with E-state index in [0.29, 0.717) is 19.6 Å². The molecule has 0 aromatic heterocycles. The first-order chi connectivity index (χ1) is 7.70. The zero-order valence-electron chi connectivity index (χ0n) is 9.96. The molecule has 0 heterocycles. The number of nitrogens with one attached hydrogen (secondary N) is 1. The average Bonchev–Trinajstić information content (AvgIpc) is 2.30. The van der Waals surface area contributed by atoms with Crippen LogP contribution in [0.5, 0.6) is 0 Å². The fourth-order valence-electron chi connectivity index (χ4n) is 1.09. The summed E-state index contributed by atoms with van der Waals surface area (Å²) in [5, 5.41) is 2.66. The summed E-state index contributed by atoms with van der Waals surface area (Å²) >= 11 is 0. The zero-order chi connectivity index (χ0) is 12.2. The number of ether oxygens (including phenoxy) is 1. The molecule has 0 aromatic carbocycles. The van der Waals surface area contributed by atoms with Gasteiger partial charge in [-0.2, -0.15) is 0 Å². The lowest BCUT2D eigenvalue weighted by atomic mass is 10.2. The molecule has 0 saturated heterocycles. The Morgan fingerprint density at radius 3 is 2.69 bits per heavy atom. The maximum Gasteiger partial charge on any atom is 0.305 e. The Hall–Kier alpha value is -1.32. The van der Waals surface area contributed by atoms with E-state index in [0.717, 1.165) is 25.7 Å². The molecule has 0 aliphatic heterocycles. The van der Waals surface area contributed by atoms with Crippen molar-refractivity contribution in [1.82, 2.24) is 5.32 Å². The van der Waals surface area contributed by atoms with Crippen molar-refractivity contribution >= 4 is 11.9 Å². The van der Waals surface area contributed by atoms with Crippen LogP contribution in [0.3, 0.4) is 0 Å². The SMILES string of the molecule is C=CC(=O)NCCCCOC(=O)CCCC. The molecule has 0 unspecified atom stereocenters. The summed E-state index contributed by atoms with van der Waals surface area (Å²) in [7, 11) is 0. The first-order valence-electron chi connectivity index (χ1n) is 5.76. The Morgan fingerprint density at radius 2 is 2.06 bits per heavy atom. The normalized spacial score (nSPS) is 9.56. The van der Waals surface area contributed by atoms with Crippen LogP contribution in [0.4, 0.5) is 0 Å². The van der Waals surface area contributed by atoms with Gasteiger partial charge in [0.25, 0.3) is 0 Å². The number of unbranched alkanes of at least 4 members (excludes halogenated alkanes) is 2. The molecule has 1 amide bonds. The molecule has 16 heavy (non-hydrogen) atoms. The highest BCUT2D eigenvalue weighted by molar-refractivity contribution is 5.86. The minimum absolute atomic E-state index is 0.128. The number of amides is 1. The van der Waals surface area contributed by atoms with E-state index < -0.39 is 0 Å². The Bertz CT molecular complexity index is 226. The van der Waals surface area contributed by atoms with Crippen molar-refractivity contribution in [3.05, 3.63) is 12.7 Å². The predicted molar refractivity (Wildman–Crippen MR) is 62.9 cm³/mol. The highest BCUT2D eigenvalue weighted by Crippen LogP contribution is 1.97. The Balaban J connectivity index is 3.23. The van der Waals surface area contributed by atoms with Crippen molar-refractivity contribution < 1.29 is 14.3 Å². The molecule has 0 rings (SSSR count). The van der Waals surface area contributed by atoms with Crippen LogP contribution in [0, 0.1) is 0 Å². The number of hydrogen-bond acceptors (Lipinski definition) is 3. The van der Waals surface area contributed by atoms with Crippen LogP contribution in [-0.2, 0) is 14.3 Å². The molecule has 0 aliphatic rings. The molecule has 0 aliphatic carbocycles. The third-order valence-corrected chi connectivity index (χ3v) is 2.05. The van der Waals surface area contributed by atoms with Crippen LogP contribution < -0.4 is 5.32 Å². The van der Waals surface area contributed by atoms with Gasteiger partial charge in [-0.05, 0) is 25.3 Å². The molecule has 1 N–H and O–H groups in total. The molecule has 0 fully saturated rings. The van der Waals surface area contributed by atoms with Crippen molar-refractivity contribution in [2.24, 2.45) is 0 Å². The van der Waals surface area contributed by atoms with E-state index in [1.807, 2.05) is 6.92 Å². The van der Waals surface area contributed by atoms with Gasteiger partial charge in [-0.15, -0.1) is 0 Å². The van der Waals surface area contributed by atoms with E-state index in [1.54, 1.807) is 0 Å². The molecule has 0 aromatic rings. The first kappa shape index (κ1) is 14.7. The number of esters is 1. The monoisotopic (exact) mass is 227 g/mol. The standard InChI is InChI=1S/C12H21NO3/c1-3-5-8-12(15)16-10-7-6-9-13-11(14)4-2/h4H,2-3,5-10H2,1H3,(H,13,14). The van der Waals surface area contributed by atoms with Gasteiger partial charge in [0.05, 0.1) is 6.61 Å². The highest BCUT2D eigenvalue weighted by Gasteiger charge is 2.00. The molecule has 4 heteroatoms. The van der Waals surface area contributed by atoms with Gasteiger partial charge in [-0.25, -0.2) is 0 Å². The van der Waals surface area contributed by atoms with E-state index in [-0.39, 0.29) is 11.9 Å². The van der Waals surface area contributed by atoms with E-state index in [4.69, 9.17) is 4.74 Å². The fraction of sp³-hybridized carbons (Fsp3) is 0.667. The minimum Gasteiger partial charge on any atom is -0.466 e. The minimum atomic E-state index is -0.167. The van der Waals surface area contributed by atoms with Crippen LogP contribution in [0.1, 0.15) is 39.0 Å². The molecular weight excluding hydrogens is 206 g/mol. The maximum atomic E-state index is 11.1. The van der Waals surface area contributed by atoms with Gasteiger partial charge >= 0.3 is 5.97 Å². The summed E-state index contributed by atoms with van der Waals surface area (Å²) in [4.78, 5) is 21.8. The second-order valence-electron chi connectivity index (χ2n) is 3.53. The number of hydrogen-bond donors (Lipinski definition) is 1. The molecule has 0 bridgehead atoms. The molecule has 0 spiro atoms.